The van der Waals surface area contributed by atoms with Crippen LogP contribution in [0.3, 0.4) is 0 Å². The standard InChI is InChI=1S/C18H23ClN2O4/c1-25-7-6-20-9-14-10-21(12-18(14,11-20)17(23)24)16(22)8-13-4-2-3-5-15(13)19/h2-5,14H,6-12H2,1H3,(H,23,24)/t14-,18-/m1/s1. The lowest BCUT2D eigenvalue weighted by Gasteiger charge is -2.25. The van der Waals surface area contributed by atoms with Crippen LogP contribution in [-0.4, -0.2) is 73.2 Å². The average Bonchev–Trinajstić information content (AvgIpc) is 3.10. The number of fused-ring (bicyclic) bond motifs is 1. The van der Waals surface area contributed by atoms with Crippen molar-refractivity contribution in [3.8, 4) is 0 Å². The van der Waals surface area contributed by atoms with E-state index in [0.29, 0.717) is 31.3 Å². The molecule has 1 aromatic carbocycles. The van der Waals surface area contributed by atoms with E-state index in [2.05, 4.69) is 4.90 Å². The van der Waals surface area contributed by atoms with Crippen LogP contribution in [0.5, 0.6) is 0 Å². The molecule has 7 heteroatoms. The number of likely N-dealkylation sites (tertiary alicyclic amines) is 2. The molecule has 2 saturated heterocycles. The summed E-state index contributed by atoms with van der Waals surface area (Å²) in [6, 6.07) is 7.26. The summed E-state index contributed by atoms with van der Waals surface area (Å²) in [5.74, 6) is -0.922. The second-order valence-electron chi connectivity index (χ2n) is 6.93. The van der Waals surface area contributed by atoms with Crippen molar-refractivity contribution in [3.63, 3.8) is 0 Å². The number of carbonyl (C=O) groups is 2. The van der Waals surface area contributed by atoms with Crippen molar-refractivity contribution >= 4 is 23.5 Å². The van der Waals surface area contributed by atoms with Crippen LogP contribution in [-0.2, 0) is 20.7 Å². The smallest absolute Gasteiger partial charge is 0.313 e. The third kappa shape index (κ3) is 3.52. The second-order valence-corrected chi connectivity index (χ2v) is 7.34. The van der Waals surface area contributed by atoms with E-state index in [-0.39, 0.29) is 24.8 Å². The molecule has 1 amide bonds. The number of nitrogens with zero attached hydrogens (tertiary/aromatic N) is 2. The van der Waals surface area contributed by atoms with Crippen molar-refractivity contribution in [2.45, 2.75) is 6.42 Å². The zero-order chi connectivity index (χ0) is 18.0. The Morgan fingerprint density at radius 1 is 1.32 bits per heavy atom. The summed E-state index contributed by atoms with van der Waals surface area (Å²) in [5.41, 5.74) is -0.0958. The molecule has 2 heterocycles. The molecule has 2 atom stereocenters. The molecule has 2 aliphatic rings. The highest BCUT2D eigenvalue weighted by molar-refractivity contribution is 6.31. The molecule has 0 unspecified atom stereocenters. The summed E-state index contributed by atoms with van der Waals surface area (Å²) < 4.78 is 5.09. The lowest BCUT2D eigenvalue weighted by Crippen LogP contribution is -2.42. The lowest BCUT2D eigenvalue weighted by atomic mass is 9.81. The van der Waals surface area contributed by atoms with Gasteiger partial charge in [0.1, 0.15) is 5.41 Å². The Morgan fingerprint density at radius 3 is 2.72 bits per heavy atom. The molecule has 0 spiro atoms. The topological polar surface area (TPSA) is 70.1 Å². The van der Waals surface area contributed by atoms with Crippen molar-refractivity contribution in [3.05, 3.63) is 34.9 Å². The molecule has 136 valence electrons. The van der Waals surface area contributed by atoms with E-state index in [1.807, 2.05) is 18.2 Å². The fourth-order valence-electron chi connectivity index (χ4n) is 3.97. The number of carboxylic acids is 1. The number of benzene rings is 1. The van der Waals surface area contributed by atoms with Crippen LogP contribution in [0.1, 0.15) is 5.56 Å². The van der Waals surface area contributed by atoms with E-state index in [4.69, 9.17) is 16.3 Å². The van der Waals surface area contributed by atoms with Gasteiger partial charge in [0.25, 0.3) is 0 Å². The number of carbonyl (C=O) groups excluding carboxylic acids is 1. The quantitative estimate of drug-likeness (QED) is 0.823. The molecule has 0 aliphatic carbocycles. The Hall–Kier alpha value is -1.63. The third-order valence-electron chi connectivity index (χ3n) is 5.37. The molecular weight excluding hydrogens is 344 g/mol. The summed E-state index contributed by atoms with van der Waals surface area (Å²) in [4.78, 5) is 28.5. The van der Waals surface area contributed by atoms with Gasteiger partial charge in [-0.15, -0.1) is 0 Å². The molecule has 0 aromatic heterocycles. The number of ether oxygens (including phenoxy) is 1. The summed E-state index contributed by atoms with van der Waals surface area (Å²) in [6.45, 7) is 3.20. The van der Waals surface area contributed by atoms with Gasteiger partial charge < -0.3 is 14.7 Å². The van der Waals surface area contributed by atoms with Crippen molar-refractivity contribution < 1.29 is 19.4 Å². The Kier molecular flexibility index (Phi) is 5.32. The highest BCUT2D eigenvalue weighted by atomic mass is 35.5. The Morgan fingerprint density at radius 2 is 2.08 bits per heavy atom. The van der Waals surface area contributed by atoms with Gasteiger partial charge in [0.05, 0.1) is 13.0 Å². The third-order valence-corrected chi connectivity index (χ3v) is 5.74. The summed E-state index contributed by atoms with van der Waals surface area (Å²) in [6.07, 6.45) is 0.204. The minimum Gasteiger partial charge on any atom is -0.481 e. The highest BCUT2D eigenvalue weighted by Gasteiger charge is 2.58. The van der Waals surface area contributed by atoms with Crippen molar-refractivity contribution in [2.75, 3.05) is 46.4 Å². The Bertz CT molecular complexity index is 668. The average molecular weight is 367 g/mol. The summed E-state index contributed by atoms with van der Waals surface area (Å²) in [5, 5.41) is 10.4. The van der Waals surface area contributed by atoms with E-state index in [1.165, 1.54) is 0 Å². The van der Waals surface area contributed by atoms with Gasteiger partial charge in [-0.3, -0.25) is 14.5 Å². The predicted octanol–water partition coefficient (Wildman–Crippen LogP) is 1.37. The molecule has 0 bridgehead atoms. The van der Waals surface area contributed by atoms with Crippen molar-refractivity contribution in [2.24, 2.45) is 11.3 Å². The predicted molar refractivity (Wildman–Crippen MR) is 93.6 cm³/mol. The maximum atomic E-state index is 12.7. The van der Waals surface area contributed by atoms with Crippen molar-refractivity contribution in [1.82, 2.24) is 9.80 Å². The summed E-state index contributed by atoms with van der Waals surface area (Å²) >= 11 is 6.13. The van der Waals surface area contributed by atoms with Crippen LogP contribution in [0, 0.1) is 11.3 Å². The maximum absolute atomic E-state index is 12.7. The number of carboxylic acid groups (broad SMARTS) is 1. The van der Waals surface area contributed by atoms with Gasteiger partial charge in [0.2, 0.25) is 5.91 Å². The minimum atomic E-state index is -0.871. The molecule has 0 saturated carbocycles. The minimum absolute atomic E-state index is 0.0444. The monoisotopic (exact) mass is 366 g/mol. The number of hydrogen-bond acceptors (Lipinski definition) is 4. The zero-order valence-electron chi connectivity index (χ0n) is 14.3. The van der Waals surface area contributed by atoms with Crippen LogP contribution in [0.15, 0.2) is 24.3 Å². The van der Waals surface area contributed by atoms with E-state index in [1.54, 1.807) is 18.1 Å². The van der Waals surface area contributed by atoms with E-state index in [9.17, 15) is 14.7 Å². The molecule has 1 aromatic rings. The Balaban J connectivity index is 1.68. The first kappa shape index (κ1) is 18.2. The van der Waals surface area contributed by atoms with Crippen LogP contribution in [0.4, 0.5) is 0 Å². The van der Waals surface area contributed by atoms with Gasteiger partial charge in [-0.05, 0) is 11.6 Å². The van der Waals surface area contributed by atoms with Gasteiger partial charge in [-0.25, -0.2) is 0 Å². The molecule has 1 N–H and O–H groups in total. The van der Waals surface area contributed by atoms with E-state index < -0.39 is 11.4 Å². The van der Waals surface area contributed by atoms with Gasteiger partial charge in [0, 0.05) is 50.8 Å². The second kappa shape index (κ2) is 7.32. The molecule has 3 rings (SSSR count). The zero-order valence-corrected chi connectivity index (χ0v) is 15.0. The molecule has 6 nitrogen and oxygen atoms in total. The van der Waals surface area contributed by atoms with E-state index in [0.717, 1.165) is 12.1 Å². The first-order valence-electron chi connectivity index (χ1n) is 8.42. The Labute approximate surface area is 152 Å². The van der Waals surface area contributed by atoms with Gasteiger partial charge in [0.15, 0.2) is 0 Å². The number of aliphatic carboxylic acids is 1. The first-order chi connectivity index (χ1) is 12.0. The fourth-order valence-corrected chi connectivity index (χ4v) is 4.17. The number of amides is 1. The molecule has 2 aliphatic heterocycles. The molecule has 0 radical (unpaired) electrons. The number of halogens is 1. The molecular formula is C18H23ClN2O4. The van der Waals surface area contributed by atoms with Gasteiger partial charge >= 0.3 is 5.97 Å². The molecule has 25 heavy (non-hydrogen) atoms. The van der Waals surface area contributed by atoms with E-state index >= 15 is 0 Å². The number of rotatable bonds is 6. The van der Waals surface area contributed by atoms with Crippen LogP contribution >= 0.6 is 11.6 Å². The van der Waals surface area contributed by atoms with Crippen LogP contribution < -0.4 is 0 Å². The van der Waals surface area contributed by atoms with Crippen LogP contribution in [0.2, 0.25) is 5.02 Å². The van der Waals surface area contributed by atoms with Crippen molar-refractivity contribution in [1.29, 1.82) is 0 Å². The normalized spacial score (nSPS) is 26.0. The number of methoxy groups -OCH3 is 1. The van der Waals surface area contributed by atoms with Gasteiger partial charge in [-0.2, -0.15) is 0 Å². The van der Waals surface area contributed by atoms with Gasteiger partial charge in [-0.1, -0.05) is 29.8 Å². The fraction of sp³-hybridized carbons (Fsp3) is 0.556. The largest absolute Gasteiger partial charge is 0.481 e. The lowest BCUT2D eigenvalue weighted by molar-refractivity contribution is -0.149. The first-order valence-corrected chi connectivity index (χ1v) is 8.80. The highest BCUT2D eigenvalue weighted by Crippen LogP contribution is 2.43. The molecule has 2 fully saturated rings. The summed E-state index contributed by atoms with van der Waals surface area (Å²) in [7, 11) is 1.64. The SMILES string of the molecule is COCCN1C[C@@H]2CN(C(=O)Cc3ccccc3Cl)C[C@]2(C(=O)O)C1. The number of hydrogen-bond donors (Lipinski definition) is 1. The maximum Gasteiger partial charge on any atom is 0.313 e. The van der Waals surface area contributed by atoms with Crippen LogP contribution in [0.25, 0.3) is 0 Å².